The normalized spacial score (nSPS) is 17.0. The van der Waals surface area contributed by atoms with Crippen molar-refractivity contribution in [2.45, 2.75) is 58.4 Å². The molecular weight excluding hydrogens is 431 g/mol. The van der Waals surface area contributed by atoms with Crippen LogP contribution in [0.4, 0.5) is 0 Å². The van der Waals surface area contributed by atoms with Crippen molar-refractivity contribution in [1.82, 2.24) is 15.5 Å². The number of aliphatic imine (C=N–C) groups is 1. The number of guanidine groups is 1. The van der Waals surface area contributed by atoms with Crippen LogP contribution in [0.5, 0.6) is 0 Å². The molecule has 6 heteroatoms. The first-order valence-electron chi connectivity index (χ1n) is 9.44. The van der Waals surface area contributed by atoms with Crippen LogP contribution in [0, 0.1) is 5.92 Å². The zero-order chi connectivity index (χ0) is 16.9. The molecule has 1 fully saturated rings. The summed E-state index contributed by atoms with van der Waals surface area (Å²) in [5.41, 5.74) is 0. The first-order chi connectivity index (χ1) is 11.3. The van der Waals surface area contributed by atoms with Gasteiger partial charge in [0.25, 0.3) is 0 Å². The van der Waals surface area contributed by atoms with Gasteiger partial charge >= 0.3 is 0 Å². The summed E-state index contributed by atoms with van der Waals surface area (Å²) in [5.74, 6) is 2.99. The van der Waals surface area contributed by atoms with Gasteiger partial charge in [-0.2, -0.15) is 11.8 Å². The van der Waals surface area contributed by atoms with E-state index in [0.29, 0.717) is 6.04 Å². The van der Waals surface area contributed by atoms with Crippen molar-refractivity contribution in [3.63, 3.8) is 0 Å². The van der Waals surface area contributed by atoms with Crippen molar-refractivity contribution in [3.05, 3.63) is 0 Å². The molecule has 1 rings (SSSR count). The van der Waals surface area contributed by atoms with E-state index in [0.717, 1.165) is 25.0 Å². The molecule has 1 saturated heterocycles. The van der Waals surface area contributed by atoms with E-state index in [9.17, 15) is 0 Å². The Labute approximate surface area is 171 Å². The Bertz CT molecular complexity index is 316. The van der Waals surface area contributed by atoms with Gasteiger partial charge in [-0.25, -0.2) is 0 Å². The smallest absolute Gasteiger partial charge is 0.191 e. The minimum absolute atomic E-state index is 0. The molecule has 1 unspecified atom stereocenters. The average Bonchev–Trinajstić information content (AvgIpc) is 3.10. The van der Waals surface area contributed by atoms with Crippen molar-refractivity contribution in [2.75, 3.05) is 45.2 Å². The summed E-state index contributed by atoms with van der Waals surface area (Å²) >= 11 is 1.92. The van der Waals surface area contributed by atoms with Gasteiger partial charge in [-0.15, -0.1) is 24.0 Å². The van der Waals surface area contributed by atoms with Gasteiger partial charge in [0.15, 0.2) is 5.96 Å². The second kappa shape index (κ2) is 15.6. The maximum Gasteiger partial charge on any atom is 0.191 e. The minimum Gasteiger partial charge on any atom is -0.356 e. The van der Waals surface area contributed by atoms with E-state index in [2.05, 4.69) is 40.6 Å². The quantitative estimate of drug-likeness (QED) is 0.209. The van der Waals surface area contributed by atoms with E-state index >= 15 is 0 Å². The van der Waals surface area contributed by atoms with Gasteiger partial charge in [-0.3, -0.25) is 9.89 Å². The molecule has 0 aromatic rings. The van der Waals surface area contributed by atoms with E-state index in [-0.39, 0.29) is 24.0 Å². The highest BCUT2D eigenvalue weighted by atomic mass is 127. The van der Waals surface area contributed by atoms with Crippen LogP contribution in [0.3, 0.4) is 0 Å². The molecule has 144 valence electrons. The number of rotatable bonds is 11. The van der Waals surface area contributed by atoms with Gasteiger partial charge in [-0.1, -0.05) is 26.7 Å². The fourth-order valence-electron chi connectivity index (χ4n) is 3.50. The van der Waals surface area contributed by atoms with Gasteiger partial charge in [0, 0.05) is 26.2 Å². The standard InChI is InChI=1S/C18H38N4S.HI/c1-5-16(6-2)17(22-12-8-9-13-22)15-21-18(19-3)20-11-7-10-14-23-4;/h16-17H,5-15H2,1-4H3,(H2,19,20,21);1H. The van der Waals surface area contributed by atoms with E-state index in [1.807, 2.05) is 18.8 Å². The molecule has 0 radical (unpaired) electrons. The number of unbranched alkanes of at least 4 members (excludes halogenated alkanes) is 1. The lowest BCUT2D eigenvalue weighted by Crippen LogP contribution is -2.49. The van der Waals surface area contributed by atoms with Gasteiger partial charge in [0.1, 0.15) is 0 Å². The first-order valence-corrected chi connectivity index (χ1v) is 10.8. The molecule has 24 heavy (non-hydrogen) atoms. The third-order valence-electron chi connectivity index (χ3n) is 4.97. The number of nitrogens with zero attached hydrogens (tertiary/aromatic N) is 2. The van der Waals surface area contributed by atoms with Crippen LogP contribution >= 0.6 is 35.7 Å². The third kappa shape index (κ3) is 9.13. The average molecular weight is 471 g/mol. The topological polar surface area (TPSA) is 39.7 Å². The van der Waals surface area contributed by atoms with Crippen LogP contribution in [-0.4, -0.2) is 62.1 Å². The Morgan fingerprint density at radius 1 is 1.12 bits per heavy atom. The van der Waals surface area contributed by atoms with Crippen LogP contribution in [0.15, 0.2) is 4.99 Å². The van der Waals surface area contributed by atoms with E-state index in [1.165, 1.54) is 57.4 Å². The Balaban J connectivity index is 0.00000529. The predicted octanol–water partition coefficient (Wildman–Crippen LogP) is 3.81. The molecule has 0 amide bonds. The summed E-state index contributed by atoms with van der Waals surface area (Å²) in [6.45, 7) is 9.22. The van der Waals surface area contributed by atoms with Crippen molar-refractivity contribution in [3.8, 4) is 0 Å². The van der Waals surface area contributed by atoms with Crippen LogP contribution in [0.1, 0.15) is 52.4 Å². The molecule has 0 saturated carbocycles. The zero-order valence-corrected chi connectivity index (χ0v) is 19.3. The van der Waals surface area contributed by atoms with Crippen LogP contribution < -0.4 is 10.6 Å². The maximum absolute atomic E-state index is 4.39. The second-order valence-electron chi connectivity index (χ2n) is 6.47. The highest BCUT2D eigenvalue weighted by Crippen LogP contribution is 2.22. The van der Waals surface area contributed by atoms with E-state index in [4.69, 9.17) is 0 Å². The molecule has 0 aromatic carbocycles. The summed E-state index contributed by atoms with van der Waals surface area (Å²) in [6, 6.07) is 0.641. The van der Waals surface area contributed by atoms with E-state index in [1.54, 1.807) is 0 Å². The van der Waals surface area contributed by atoms with Gasteiger partial charge in [0.05, 0.1) is 0 Å². The molecule has 1 heterocycles. The third-order valence-corrected chi connectivity index (χ3v) is 5.67. The molecule has 1 aliphatic heterocycles. The maximum atomic E-state index is 4.39. The number of nitrogens with one attached hydrogen (secondary N) is 2. The second-order valence-corrected chi connectivity index (χ2v) is 7.45. The summed E-state index contributed by atoms with van der Waals surface area (Å²) < 4.78 is 0. The Kier molecular flexibility index (Phi) is 15.8. The molecule has 0 spiro atoms. The summed E-state index contributed by atoms with van der Waals surface area (Å²) in [7, 11) is 1.87. The van der Waals surface area contributed by atoms with Crippen molar-refractivity contribution >= 4 is 41.7 Å². The van der Waals surface area contributed by atoms with Gasteiger partial charge in [0.2, 0.25) is 0 Å². The first kappa shape index (κ1) is 24.3. The number of hydrogen-bond acceptors (Lipinski definition) is 3. The highest BCUT2D eigenvalue weighted by molar-refractivity contribution is 14.0. The molecular formula is C18H39IN4S. The van der Waals surface area contributed by atoms with E-state index < -0.39 is 0 Å². The van der Waals surface area contributed by atoms with Crippen LogP contribution in [0.2, 0.25) is 0 Å². The fourth-order valence-corrected chi connectivity index (χ4v) is 3.99. The van der Waals surface area contributed by atoms with Crippen LogP contribution in [-0.2, 0) is 0 Å². The Hall–Kier alpha value is 0.310. The Morgan fingerprint density at radius 3 is 2.33 bits per heavy atom. The van der Waals surface area contributed by atoms with Crippen LogP contribution in [0.25, 0.3) is 0 Å². The zero-order valence-electron chi connectivity index (χ0n) is 16.1. The van der Waals surface area contributed by atoms with Gasteiger partial charge < -0.3 is 10.6 Å². The number of hydrogen-bond donors (Lipinski definition) is 2. The molecule has 1 atom stereocenters. The molecule has 0 aromatic heterocycles. The monoisotopic (exact) mass is 470 g/mol. The molecule has 4 nitrogen and oxygen atoms in total. The number of halogens is 1. The number of thioether (sulfide) groups is 1. The SMILES string of the molecule is CCC(CC)C(CNC(=NC)NCCCCSC)N1CCCC1.I. The summed E-state index contributed by atoms with van der Waals surface area (Å²) in [6.07, 6.45) is 9.90. The molecule has 0 bridgehead atoms. The number of likely N-dealkylation sites (tertiary alicyclic amines) is 1. The summed E-state index contributed by atoms with van der Waals surface area (Å²) in [5, 5.41) is 7.04. The molecule has 2 N–H and O–H groups in total. The van der Waals surface area contributed by atoms with Crippen molar-refractivity contribution < 1.29 is 0 Å². The summed E-state index contributed by atoms with van der Waals surface area (Å²) in [4.78, 5) is 7.08. The Morgan fingerprint density at radius 2 is 1.79 bits per heavy atom. The largest absolute Gasteiger partial charge is 0.356 e. The van der Waals surface area contributed by atoms with Gasteiger partial charge in [-0.05, 0) is 56.7 Å². The molecule has 1 aliphatic rings. The predicted molar refractivity (Wildman–Crippen MR) is 121 cm³/mol. The highest BCUT2D eigenvalue weighted by Gasteiger charge is 2.27. The molecule has 0 aliphatic carbocycles. The lowest BCUT2D eigenvalue weighted by Gasteiger charge is -2.34. The minimum atomic E-state index is 0. The van der Waals surface area contributed by atoms with Crippen molar-refractivity contribution in [1.29, 1.82) is 0 Å². The fraction of sp³-hybridized carbons (Fsp3) is 0.944. The lowest BCUT2D eigenvalue weighted by molar-refractivity contribution is 0.166. The van der Waals surface area contributed by atoms with Crippen molar-refractivity contribution in [2.24, 2.45) is 10.9 Å². The lowest BCUT2D eigenvalue weighted by atomic mass is 9.93.